The Bertz CT molecular complexity index is 377. The molecule has 0 bridgehead atoms. The third-order valence-corrected chi connectivity index (χ3v) is 2.10. The maximum Gasteiger partial charge on any atom is 0.239 e. The number of carbonyl (C=O) groups excluding carboxylic acids is 1. The molecule has 8 heteroatoms. The molecule has 2 heterocycles. The van der Waals surface area contributed by atoms with Crippen molar-refractivity contribution >= 4 is 29.4 Å². The van der Waals surface area contributed by atoms with E-state index in [1.54, 1.807) is 4.90 Å². The summed E-state index contributed by atoms with van der Waals surface area (Å²) in [5.74, 6) is 0.315. The number of nitrogens with two attached hydrogens (primary N) is 1. The first-order valence-corrected chi connectivity index (χ1v) is 4.71. The first kappa shape index (κ1) is 9.91. The molecule has 0 aliphatic carbocycles. The van der Waals surface area contributed by atoms with Crippen LogP contribution in [-0.4, -0.2) is 40.5 Å². The van der Waals surface area contributed by atoms with Gasteiger partial charge in [0, 0.05) is 13.1 Å². The van der Waals surface area contributed by atoms with Crippen LogP contribution in [0, 0.1) is 0 Å². The lowest BCUT2D eigenvalue weighted by Gasteiger charge is -2.26. The quantitative estimate of drug-likeness (QED) is 0.643. The fraction of sp³-hybridized carbons (Fsp3) is 0.429. The van der Waals surface area contributed by atoms with Crippen LogP contribution in [0.5, 0.6) is 0 Å². The molecule has 0 radical (unpaired) electrons. The van der Waals surface area contributed by atoms with Gasteiger partial charge in [-0.25, -0.2) is 0 Å². The van der Waals surface area contributed by atoms with Gasteiger partial charge in [-0.1, -0.05) is 0 Å². The van der Waals surface area contributed by atoms with Crippen LogP contribution in [-0.2, 0) is 4.79 Å². The molecular formula is C7H9ClN6O. The monoisotopic (exact) mass is 228 g/mol. The summed E-state index contributed by atoms with van der Waals surface area (Å²) in [6.07, 6.45) is 0. The van der Waals surface area contributed by atoms with Gasteiger partial charge >= 0.3 is 0 Å². The van der Waals surface area contributed by atoms with Crippen LogP contribution in [0.4, 0.5) is 11.9 Å². The molecule has 0 unspecified atom stereocenters. The first-order valence-electron chi connectivity index (χ1n) is 4.34. The SMILES string of the molecule is Nc1nc(Cl)nc(N2CCNC(=O)C2)n1. The van der Waals surface area contributed by atoms with E-state index in [1.807, 2.05) is 0 Å². The van der Waals surface area contributed by atoms with Crippen molar-refractivity contribution in [3.05, 3.63) is 5.28 Å². The summed E-state index contributed by atoms with van der Waals surface area (Å²) in [4.78, 5) is 24.3. The molecule has 7 nitrogen and oxygen atoms in total. The van der Waals surface area contributed by atoms with Crippen molar-refractivity contribution in [2.45, 2.75) is 0 Å². The van der Waals surface area contributed by atoms with Gasteiger partial charge in [0.15, 0.2) is 0 Å². The molecule has 1 fully saturated rings. The van der Waals surface area contributed by atoms with Gasteiger partial charge in [0.2, 0.25) is 23.1 Å². The highest BCUT2D eigenvalue weighted by Crippen LogP contribution is 2.12. The van der Waals surface area contributed by atoms with Gasteiger partial charge in [0.05, 0.1) is 6.54 Å². The highest BCUT2D eigenvalue weighted by atomic mass is 35.5. The second-order valence-corrected chi connectivity index (χ2v) is 3.37. The number of aromatic nitrogens is 3. The fourth-order valence-corrected chi connectivity index (χ4v) is 1.47. The Kier molecular flexibility index (Phi) is 2.55. The number of piperazine rings is 1. The van der Waals surface area contributed by atoms with Gasteiger partial charge < -0.3 is 16.0 Å². The Hall–Kier alpha value is -1.63. The number of halogens is 1. The maximum absolute atomic E-state index is 11.1. The van der Waals surface area contributed by atoms with Gasteiger partial charge in [-0.3, -0.25) is 4.79 Å². The fourth-order valence-electron chi connectivity index (χ4n) is 1.31. The Morgan fingerprint density at radius 2 is 2.20 bits per heavy atom. The Morgan fingerprint density at radius 3 is 2.87 bits per heavy atom. The van der Waals surface area contributed by atoms with Crippen molar-refractivity contribution in [2.24, 2.45) is 0 Å². The van der Waals surface area contributed by atoms with E-state index in [0.29, 0.717) is 19.0 Å². The summed E-state index contributed by atoms with van der Waals surface area (Å²) in [5.41, 5.74) is 5.43. The van der Waals surface area contributed by atoms with Gasteiger partial charge in [-0.05, 0) is 11.6 Å². The minimum Gasteiger partial charge on any atom is -0.368 e. The maximum atomic E-state index is 11.1. The number of nitrogens with zero attached hydrogens (tertiary/aromatic N) is 4. The number of hydrogen-bond donors (Lipinski definition) is 2. The van der Waals surface area contributed by atoms with Gasteiger partial charge in [-0.15, -0.1) is 0 Å². The van der Waals surface area contributed by atoms with Crippen LogP contribution in [0.1, 0.15) is 0 Å². The molecule has 2 rings (SSSR count). The molecule has 80 valence electrons. The standard InChI is InChI=1S/C7H9ClN6O/c8-5-11-6(9)13-7(12-5)14-2-1-10-4(15)3-14/h1-3H2,(H,10,15)(H2,9,11,12,13). The number of hydrogen-bond acceptors (Lipinski definition) is 6. The molecule has 0 aromatic carbocycles. The van der Waals surface area contributed by atoms with E-state index in [-0.39, 0.29) is 23.7 Å². The lowest BCUT2D eigenvalue weighted by molar-refractivity contribution is -0.120. The van der Waals surface area contributed by atoms with Gasteiger partial charge in [-0.2, -0.15) is 15.0 Å². The Balaban J connectivity index is 2.24. The zero-order valence-corrected chi connectivity index (χ0v) is 8.53. The topological polar surface area (TPSA) is 97.0 Å². The average Bonchev–Trinajstić information content (AvgIpc) is 2.16. The normalized spacial score (nSPS) is 16.3. The highest BCUT2D eigenvalue weighted by Gasteiger charge is 2.19. The predicted molar refractivity (Wildman–Crippen MR) is 54.5 cm³/mol. The highest BCUT2D eigenvalue weighted by molar-refractivity contribution is 6.28. The molecule has 0 spiro atoms. The smallest absolute Gasteiger partial charge is 0.239 e. The Morgan fingerprint density at radius 1 is 1.40 bits per heavy atom. The molecule has 1 amide bonds. The minimum atomic E-state index is -0.0728. The van der Waals surface area contributed by atoms with Crippen molar-refractivity contribution in [1.82, 2.24) is 20.3 Å². The van der Waals surface area contributed by atoms with E-state index < -0.39 is 0 Å². The first-order chi connectivity index (χ1) is 7.15. The van der Waals surface area contributed by atoms with E-state index in [9.17, 15) is 4.79 Å². The van der Waals surface area contributed by atoms with Gasteiger partial charge in [0.25, 0.3) is 0 Å². The zero-order chi connectivity index (χ0) is 10.8. The molecule has 0 atom stereocenters. The molecule has 1 aliphatic rings. The number of nitrogen functional groups attached to an aromatic ring is 1. The predicted octanol–water partition coefficient (Wildman–Crippen LogP) is -0.957. The van der Waals surface area contributed by atoms with Crippen molar-refractivity contribution in [2.75, 3.05) is 30.3 Å². The second-order valence-electron chi connectivity index (χ2n) is 3.03. The van der Waals surface area contributed by atoms with Crippen LogP contribution in [0.25, 0.3) is 0 Å². The number of carbonyl (C=O) groups is 1. The van der Waals surface area contributed by atoms with E-state index in [4.69, 9.17) is 17.3 Å². The molecule has 3 N–H and O–H groups in total. The molecule has 15 heavy (non-hydrogen) atoms. The second kappa shape index (κ2) is 3.85. The molecule has 1 aromatic heterocycles. The minimum absolute atomic E-state index is 0.0310. The molecule has 0 saturated carbocycles. The van der Waals surface area contributed by atoms with Crippen LogP contribution >= 0.6 is 11.6 Å². The Labute approximate surface area is 90.7 Å². The summed E-state index contributed by atoms with van der Waals surface area (Å²) < 4.78 is 0. The summed E-state index contributed by atoms with van der Waals surface area (Å²) in [7, 11) is 0. The summed E-state index contributed by atoms with van der Waals surface area (Å²) in [6, 6.07) is 0. The van der Waals surface area contributed by atoms with E-state index in [1.165, 1.54) is 0 Å². The van der Waals surface area contributed by atoms with Crippen molar-refractivity contribution in [3.63, 3.8) is 0 Å². The summed E-state index contributed by atoms with van der Waals surface area (Å²) >= 11 is 5.64. The lowest BCUT2D eigenvalue weighted by Crippen LogP contribution is -2.48. The van der Waals surface area contributed by atoms with E-state index in [2.05, 4.69) is 20.3 Å². The van der Waals surface area contributed by atoms with Crippen molar-refractivity contribution in [3.8, 4) is 0 Å². The summed E-state index contributed by atoms with van der Waals surface area (Å²) in [6.45, 7) is 1.40. The van der Waals surface area contributed by atoms with Crippen LogP contribution in [0.3, 0.4) is 0 Å². The molecule has 1 aliphatic heterocycles. The molecule has 1 aromatic rings. The number of anilines is 2. The van der Waals surface area contributed by atoms with Crippen molar-refractivity contribution < 1.29 is 4.79 Å². The van der Waals surface area contributed by atoms with E-state index >= 15 is 0 Å². The third-order valence-electron chi connectivity index (χ3n) is 1.93. The third kappa shape index (κ3) is 2.24. The van der Waals surface area contributed by atoms with Crippen LogP contribution in [0.2, 0.25) is 5.28 Å². The number of amides is 1. The largest absolute Gasteiger partial charge is 0.368 e. The lowest BCUT2D eigenvalue weighted by atomic mass is 10.4. The molecule has 1 saturated heterocycles. The average molecular weight is 229 g/mol. The number of rotatable bonds is 1. The van der Waals surface area contributed by atoms with Gasteiger partial charge in [0.1, 0.15) is 0 Å². The zero-order valence-electron chi connectivity index (χ0n) is 7.77. The molecular weight excluding hydrogens is 220 g/mol. The van der Waals surface area contributed by atoms with Crippen LogP contribution < -0.4 is 16.0 Å². The van der Waals surface area contributed by atoms with Crippen LogP contribution in [0.15, 0.2) is 0 Å². The van der Waals surface area contributed by atoms with E-state index in [0.717, 1.165) is 0 Å². The number of nitrogens with one attached hydrogen (secondary N) is 1. The van der Waals surface area contributed by atoms with Crippen molar-refractivity contribution in [1.29, 1.82) is 0 Å². The summed E-state index contributed by atoms with van der Waals surface area (Å²) in [5, 5.41) is 2.73.